The zero-order valence-corrected chi connectivity index (χ0v) is 17.0. The monoisotopic (exact) mass is 399 g/mol. The lowest BCUT2D eigenvalue weighted by Gasteiger charge is -2.37. The van der Waals surface area contributed by atoms with Crippen molar-refractivity contribution in [1.82, 2.24) is 9.80 Å². The molecule has 0 spiro atoms. The molecule has 28 heavy (non-hydrogen) atoms. The molecule has 0 aliphatic carbocycles. The fourth-order valence-electron chi connectivity index (χ4n) is 4.09. The summed E-state index contributed by atoms with van der Waals surface area (Å²) in [6.07, 6.45) is 0.857. The highest BCUT2D eigenvalue weighted by Crippen LogP contribution is 2.27. The van der Waals surface area contributed by atoms with Crippen LogP contribution in [0.2, 0.25) is 5.02 Å². The van der Waals surface area contributed by atoms with E-state index in [2.05, 4.69) is 21.9 Å². The van der Waals surface area contributed by atoms with Gasteiger partial charge in [0.05, 0.1) is 7.11 Å². The molecule has 1 amide bonds. The van der Waals surface area contributed by atoms with Crippen molar-refractivity contribution >= 4 is 23.2 Å². The number of ether oxygens (including phenoxy) is 1. The molecule has 2 aliphatic rings. The van der Waals surface area contributed by atoms with E-state index in [0.717, 1.165) is 74.1 Å². The molecule has 0 N–H and O–H groups in total. The number of hydrogen-bond donors (Lipinski definition) is 0. The minimum atomic E-state index is 0.125. The molecule has 0 radical (unpaired) electrons. The number of nitrogens with zero attached hydrogens (tertiary/aromatic N) is 3. The van der Waals surface area contributed by atoms with Crippen molar-refractivity contribution < 1.29 is 9.53 Å². The van der Waals surface area contributed by atoms with Crippen molar-refractivity contribution in [2.24, 2.45) is 0 Å². The fourth-order valence-corrected chi connectivity index (χ4v) is 4.22. The largest absolute Gasteiger partial charge is 0.496 e. The fraction of sp³-hybridized carbons (Fsp3) is 0.409. The Bertz CT molecular complexity index is 832. The van der Waals surface area contributed by atoms with Crippen LogP contribution in [0.25, 0.3) is 0 Å². The third-order valence-corrected chi connectivity index (χ3v) is 6.00. The van der Waals surface area contributed by atoms with Crippen LogP contribution >= 0.6 is 11.6 Å². The van der Waals surface area contributed by atoms with Crippen LogP contribution in [0.1, 0.15) is 15.9 Å². The van der Waals surface area contributed by atoms with E-state index >= 15 is 0 Å². The standard InChI is InChI=1S/C22H26ClN3O2/c1-28-21-4-2-3-20-19(21)9-10-26(22(20)27)16-13-24-11-14-25(15-12-24)18-7-5-17(23)6-8-18/h2-8H,9-16H2,1H3. The Morgan fingerprint density at radius 1 is 0.964 bits per heavy atom. The first-order valence-electron chi connectivity index (χ1n) is 9.84. The van der Waals surface area contributed by atoms with Gasteiger partial charge in [-0.25, -0.2) is 0 Å². The van der Waals surface area contributed by atoms with Crippen LogP contribution in [0.4, 0.5) is 5.69 Å². The van der Waals surface area contributed by atoms with E-state index in [1.54, 1.807) is 7.11 Å². The molecule has 1 saturated heterocycles. The summed E-state index contributed by atoms with van der Waals surface area (Å²) in [6.45, 7) is 6.46. The summed E-state index contributed by atoms with van der Waals surface area (Å²) in [7, 11) is 1.66. The zero-order valence-electron chi connectivity index (χ0n) is 16.2. The van der Waals surface area contributed by atoms with Gasteiger partial charge < -0.3 is 14.5 Å². The van der Waals surface area contributed by atoms with Crippen LogP contribution in [-0.2, 0) is 6.42 Å². The molecule has 6 heteroatoms. The third kappa shape index (κ3) is 3.96. The predicted octanol–water partition coefficient (Wildman–Crippen LogP) is 3.17. The van der Waals surface area contributed by atoms with E-state index in [4.69, 9.17) is 16.3 Å². The Hall–Kier alpha value is -2.24. The second-order valence-electron chi connectivity index (χ2n) is 7.33. The number of benzene rings is 2. The quantitative estimate of drug-likeness (QED) is 0.773. The SMILES string of the molecule is COc1cccc2c1CCN(CCN1CCN(c3ccc(Cl)cc3)CC1)C2=O. The van der Waals surface area contributed by atoms with Gasteiger partial charge in [0.25, 0.3) is 5.91 Å². The maximum Gasteiger partial charge on any atom is 0.254 e. The minimum absolute atomic E-state index is 0.125. The van der Waals surface area contributed by atoms with E-state index in [9.17, 15) is 4.79 Å². The lowest BCUT2D eigenvalue weighted by atomic mass is 9.98. The number of methoxy groups -OCH3 is 1. The Morgan fingerprint density at radius 3 is 2.43 bits per heavy atom. The summed E-state index contributed by atoms with van der Waals surface area (Å²) >= 11 is 5.98. The van der Waals surface area contributed by atoms with Crippen LogP contribution in [0.3, 0.4) is 0 Å². The number of piperazine rings is 1. The highest BCUT2D eigenvalue weighted by molar-refractivity contribution is 6.30. The number of anilines is 1. The van der Waals surface area contributed by atoms with Gasteiger partial charge in [-0.1, -0.05) is 17.7 Å². The second-order valence-corrected chi connectivity index (χ2v) is 7.77. The molecule has 2 heterocycles. The van der Waals surface area contributed by atoms with Crippen molar-refractivity contribution in [1.29, 1.82) is 0 Å². The molecule has 5 nitrogen and oxygen atoms in total. The van der Waals surface area contributed by atoms with Crippen molar-refractivity contribution in [3.05, 3.63) is 58.6 Å². The normalized spacial score (nSPS) is 17.6. The van der Waals surface area contributed by atoms with Crippen LogP contribution in [0, 0.1) is 0 Å². The zero-order chi connectivity index (χ0) is 19.5. The van der Waals surface area contributed by atoms with Crippen molar-refractivity contribution in [2.75, 3.05) is 57.8 Å². The van der Waals surface area contributed by atoms with Crippen molar-refractivity contribution in [2.45, 2.75) is 6.42 Å². The topological polar surface area (TPSA) is 36.0 Å². The van der Waals surface area contributed by atoms with E-state index in [1.165, 1.54) is 5.69 Å². The molecule has 0 atom stereocenters. The minimum Gasteiger partial charge on any atom is -0.496 e. The average Bonchev–Trinajstić information content (AvgIpc) is 2.74. The number of hydrogen-bond acceptors (Lipinski definition) is 4. The van der Waals surface area contributed by atoms with E-state index in [0.29, 0.717) is 0 Å². The summed E-state index contributed by atoms with van der Waals surface area (Å²) in [5.41, 5.74) is 3.06. The molecule has 2 aromatic rings. The first kappa shape index (κ1) is 19.1. The van der Waals surface area contributed by atoms with Gasteiger partial charge in [0.1, 0.15) is 5.75 Å². The molecule has 148 valence electrons. The predicted molar refractivity (Wildman–Crippen MR) is 113 cm³/mol. The van der Waals surface area contributed by atoms with Crippen molar-refractivity contribution in [3.63, 3.8) is 0 Å². The van der Waals surface area contributed by atoms with Crippen LogP contribution in [0.15, 0.2) is 42.5 Å². The summed E-state index contributed by atoms with van der Waals surface area (Å²) in [5, 5.41) is 0.771. The molecule has 4 rings (SSSR count). The Balaban J connectivity index is 1.30. The number of halogens is 1. The number of carbonyl (C=O) groups is 1. The summed E-state index contributed by atoms with van der Waals surface area (Å²) < 4.78 is 5.41. The van der Waals surface area contributed by atoms with Gasteiger partial charge in [-0.15, -0.1) is 0 Å². The third-order valence-electron chi connectivity index (χ3n) is 5.75. The smallest absolute Gasteiger partial charge is 0.254 e. The Labute approximate surface area is 171 Å². The first-order chi connectivity index (χ1) is 13.7. The number of carbonyl (C=O) groups excluding carboxylic acids is 1. The summed E-state index contributed by atoms with van der Waals surface area (Å²) in [5.74, 6) is 0.948. The molecule has 0 saturated carbocycles. The number of amides is 1. The molecular weight excluding hydrogens is 374 g/mol. The molecule has 0 bridgehead atoms. The van der Waals surface area contributed by atoms with Crippen LogP contribution < -0.4 is 9.64 Å². The summed E-state index contributed by atoms with van der Waals surface area (Å²) in [4.78, 5) is 19.7. The highest BCUT2D eigenvalue weighted by Gasteiger charge is 2.27. The van der Waals surface area contributed by atoms with E-state index in [-0.39, 0.29) is 5.91 Å². The van der Waals surface area contributed by atoms with Gasteiger partial charge >= 0.3 is 0 Å². The van der Waals surface area contributed by atoms with Gasteiger partial charge in [0, 0.05) is 67.7 Å². The van der Waals surface area contributed by atoms with E-state index in [1.807, 2.05) is 35.2 Å². The van der Waals surface area contributed by atoms with Crippen LogP contribution in [-0.4, -0.2) is 68.6 Å². The highest BCUT2D eigenvalue weighted by atomic mass is 35.5. The molecular formula is C22H26ClN3O2. The molecule has 0 aromatic heterocycles. The van der Waals surface area contributed by atoms with Crippen LogP contribution in [0.5, 0.6) is 5.75 Å². The lowest BCUT2D eigenvalue weighted by molar-refractivity contribution is 0.0715. The molecule has 1 fully saturated rings. The van der Waals surface area contributed by atoms with Gasteiger partial charge in [-0.05, 0) is 42.8 Å². The van der Waals surface area contributed by atoms with Gasteiger partial charge in [-0.2, -0.15) is 0 Å². The maximum absolute atomic E-state index is 12.9. The van der Waals surface area contributed by atoms with Crippen molar-refractivity contribution in [3.8, 4) is 5.75 Å². The molecule has 2 aromatic carbocycles. The number of fused-ring (bicyclic) bond motifs is 1. The Morgan fingerprint density at radius 2 is 1.71 bits per heavy atom. The lowest BCUT2D eigenvalue weighted by Crippen LogP contribution is -2.49. The molecule has 0 unspecified atom stereocenters. The first-order valence-corrected chi connectivity index (χ1v) is 10.2. The average molecular weight is 400 g/mol. The number of rotatable bonds is 5. The second kappa shape index (κ2) is 8.41. The molecule has 2 aliphatic heterocycles. The maximum atomic E-state index is 12.9. The van der Waals surface area contributed by atoms with Gasteiger partial charge in [0.2, 0.25) is 0 Å². The summed E-state index contributed by atoms with van der Waals surface area (Å²) in [6, 6.07) is 13.8. The van der Waals surface area contributed by atoms with Gasteiger partial charge in [0.15, 0.2) is 0 Å². The van der Waals surface area contributed by atoms with Gasteiger partial charge in [-0.3, -0.25) is 9.69 Å². The Kier molecular flexibility index (Phi) is 5.74. The van der Waals surface area contributed by atoms with E-state index < -0.39 is 0 Å².